The minimum absolute atomic E-state index is 0.0553. The van der Waals surface area contributed by atoms with Crippen LogP contribution < -0.4 is 0 Å². The molecule has 69 heavy (non-hydrogen) atoms. The summed E-state index contributed by atoms with van der Waals surface area (Å²) in [5, 5.41) is 11.6. The van der Waals surface area contributed by atoms with Crippen molar-refractivity contribution in [2.45, 2.75) is 154 Å². The molecule has 16 atom stereocenters. The van der Waals surface area contributed by atoms with Gasteiger partial charge in [0.1, 0.15) is 24.1 Å². The van der Waals surface area contributed by atoms with Crippen LogP contribution in [0.5, 0.6) is 0 Å². The maximum Gasteiger partial charge on any atom is 0.331 e. The monoisotopic (exact) mass is 974 g/mol. The Bertz CT molecular complexity index is 1740. The molecule has 0 saturated heterocycles. The molecule has 0 spiro atoms. The van der Waals surface area contributed by atoms with Gasteiger partial charge >= 0.3 is 11.9 Å². The Morgan fingerprint density at radius 1 is 0.826 bits per heavy atom. The maximum absolute atomic E-state index is 13.7. The molecule has 1 unspecified atom stereocenters. The first-order chi connectivity index (χ1) is 32.8. The van der Waals surface area contributed by atoms with Crippen LogP contribution in [0.1, 0.15) is 93.4 Å². The summed E-state index contributed by atoms with van der Waals surface area (Å²) in [5.41, 5.74) is 1.41. The number of rotatable bonds is 19. The molecule has 2 aliphatic rings. The molecular weight excluding hydrogens is 887 g/mol. The number of nitrogens with zero attached hydrogens (tertiary/aromatic N) is 1. The average molecular weight is 974 g/mol. The molecule has 0 aromatic heterocycles. The molecule has 15 heteroatoms. The lowest BCUT2D eigenvalue weighted by Gasteiger charge is -2.37. The van der Waals surface area contributed by atoms with Crippen molar-refractivity contribution in [1.82, 2.24) is 4.90 Å². The molecule has 2 aliphatic heterocycles. The molecule has 0 aliphatic carbocycles. The second-order valence-corrected chi connectivity index (χ2v) is 19.0. The topological polar surface area (TPSA) is 175 Å². The van der Waals surface area contributed by atoms with Gasteiger partial charge in [-0.25, -0.2) is 9.59 Å². The summed E-state index contributed by atoms with van der Waals surface area (Å²) in [4.78, 5) is 52.5. The quantitative estimate of drug-likeness (QED) is 0.0763. The number of methoxy groups -OCH3 is 7. The molecule has 1 N–H and O–H groups in total. The minimum atomic E-state index is -1.08. The third-order valence-electron chi connectivity index (χ3n) is 14.0. The third-order valence-corrected chi connectivity index (χ3v) is 14.0. The van der Waals surface area contributed by atoms with Crippen LogP contribution in [0.25, 0.3) is 0 Å². The van der Waals surface area contributed by atoms with Gasteiger partial charge in [-0.05, 0) is 44.1 Å². The zero-order valence-electron chi connectivity index (χ0n) is 44.2. The van der Waals surface area contributed by atoms with Gasteiger partial charge in [-0.2, -0.15) is 0 Å². The number of esters is 2. The SMILES string of the molecule is COC1CC2=CC(=O)O[C@@H]([C@H](C)[C@H](OC)C[C@@H](OC)/C=C/[C@H](C)[C@@H](OC)C[C@@H](OC)/C=C/[C@H](C)[C@@H]([C@@H](C)[C@@H](OC)[C@@H](C)CCC(=O)[C@H](C)[C@@H](C/C=C/N(C)C=O)OC)OC(=O)/C=C/C=C(\C)C1)[C@H]2O. The number of hydrogen-bond donors (Lipinski definition) is 1. The highest BCUT2D eigenvalue weighted by atomic mass is 16.6. The highest BCUT2D eigenvalue weighted by molar-refractivity contribution is 5.84. The first-order valence-corrected chi connectivity index (χ1v) is 24.4. The molecule has 0 aromatic rings. The Kier molecular flexibility index (Phi) is 28.6. The lowest BCUT2D eigenvalue weighted by Crippen LogP contribution is -2.46. The molecule has 392 valence electrons. The Morgan fingerprint density at radius 3 is 2.01 bits per heavy atom. The van der Waals surface area contributed by atoms with Crippen molar-refractivity contribution in [2.75, 3.05) is 56.8 Å². The van der Waals surface area contributed by atoms with Crippen LogP contribution in [-0.4, -0.2) is 152 Å². The Balaban J connectivity index is 2.52. The summed E-state index contributed by atoms with van der Waals surface area (Å²) in [6.45, 7) is 13.8. The van der Waals surface area contributed by atoms with Crippen molar-refractivity contribution >= 4 is 24.1 Å². The van der Waals surface area contributed by atoms with Gasteiger partial charge in [-0.15, -0.1) is 0 Å². The maximum atomic E-state index is 13.7. The van der Waals surface area contributed by atoms with E-state index in [-0.39, 0.29) is 84.3 Å². The van der Waals surface area contributed by atoms with Gasteiger partial charge in [0.05, 0.1) is 42.7 Å². The lowest BCUT2D eigenvalue weighted by molar-refractivity contribution is -0.160. The van der Waals surface area contributed by atoms with E-state index < -0.39 is 36.4 Å². The highest BCUT2D eigenvalue weighted by Crippen LogP contribution is 2.33. The second kappa shape index (κ2) is 32.2. The number of amides is 1. The Hall–Kier alpha value is -3.80. The number of hydrogen-bond acceptors (Lipinski definition) is 14. The minimum Gasteiger partial charge on any atom is -0.458 e. The number of cyclic esters (lactones) is 1. The number of aliphatic hydroxyl groups excluding tert-OH is 1. The van der Waals surface area contributed by atoms with Crippen LogP contribution in [0.3, 0.4) is 0 Å². The largest absolute Gasteiger partial charge is 0.458 e. The predicted molar refractivity (Wildman–Crippen MR) is 266 cm³/mol. The van der Waals surface area contributed by atoms with Gasteiger partial charge in [0.25, 0.3) is 0 Å². The summed E-state index contributed by atoms with van der Waals surface area (Å²) in [7, 11) is 13.0. The van der Waals surface area contributed by atoms with E-state index in [1.807, 2.05) is 71.9 Å². The number of carbonyl (C=O) groups is 4. The number of fused-ring (bicyclic) bond motifs is 2. The van der Waals surface area contributed by atoms with Crippen molar-refractivity contribution in [3.8, 4) is 0 Å². The summed E-state index contributed by atoms with van der Waals surface area (Å²) in [6.07, 6.45) is 16.4. The zero-order chi connectivity index (χ0) is 51.8. The van der Waals surface area contributed by atoms with E-state index in [1.54, 1.807) is 69.1 Å². The summed E-state index contributed by atoms with van der Waals surface area (Å²) >= 11 is 0. The van der Waals surface area contributed by atoms with E-state index in [2.05, 4.69) is 13.0 Å². The zero-order valence-corrected chi connectivity index (χ0v) is 44.2. The number of allylic oxidation sites excluding steroid dienone is 2. The third kappa shape index (κ3) is 20.1. The fraction of sp³-hybridized carbons (Fsp3) is 0.704. The Morgan fingerprint density at radius 2 is 1.45 bits per heavy atom. The molecule has 2 rings (SSSR count). The molecule has 2 bridgehead atoms. The molecule has 0 aromatic carbocycles. The van der Waals surface area contributed by atoms with Crippen molar-refractivity contribution in [1.29, 1.82) is 0 Å². The average Bonchev–Trinajstić information content (AvgIpc) is 3.33. The standard InChI is InChI=1S/C54H87NO14/c1-34-18-16-20-49(58)68-53(40(7)52(67-15)36(3)23-26-45(57)38(5)46(64-12)19-17-27-55(8)33-56)37(4)22-25-42(61-9)31-47(65-13)35(2)21-24-43(62-10)32-48(66-14)39(6)54-51(60)41(30-50(59)69-54)29-44(28-34)63-11/h16-18,20-22,24-25,27,30,33,35-40,42-44,46-48,51-54,60H,19,23,26,28-29,31-32H2,1-15H3/b20-16+,24-21+,25-22+,27-17+,34-18+/t35-,36-,37-,38-,39+,40-,42-,43-,44?,46+,47-,48+,51-,52-,53-,54-/m0/s1. The van der Waals surface area contributed by atoms with Crippen LogP contribution in [0.4, 0.5) is 0 Å². The van der Waals surface area contributed by atoms with Crippen molar-refractivity contribution < 1.29 is 66.9 Å². The number of aliphatic hydroxyl groups is 1. The summed E-state index contributed by atoms with van der Waals surface area (Å²) in [5.74, 6) is -2.51. The summed E-state index contributed by atoms with van der Waals surface area (Å²) < 4.78 is 53.5. The van der Waals surface area contributed by atoms with Gasteiger partial charge in [0.15, 0.2) is 0 Å². The van der Waals surface area contributed by atoms with Crippen molar-refractivity contribution in [3.05, 3.63) is 72.0 Å². The van der Waals surface area contributed by atoms with Gasteiger partial charge in [-0.3, -0.25) is 9.59 Å². The van der Waals surface area contributed by atoms with Crippen LogP contribution >= 0.6 is 0 Å². The van der Waals surface area contributed by atoms with Gasteiger partial charge in [0.2, 0.25) is 6.41 Å². The van der Waals surface area contributed by atoms with E-state index in [0.717, 1.165) is 5.57 Å². The van der Waals surface area contributed by atoms with Crippen LogP contribution in [-0.2, 0) is 61.8 Å². The number of ketones is 1. The fourth-order valence-corrected chi connectivity index (χ4v) is 9.42. The van der Waals surface area contributed by atoms with Gasteiger partial charge in [-0.1, -0.05) is 89.6 Å². The van der Waals surface area contributed by atoms with Gasteiger partial charge < -0.3 is 52.6 Å². The van der Waals surface area contributed by atoms with Crippen molar-refractivity contribution in [2.24, 2.45) is 35.5 Å². The lowest BCUT2D eigenvalue weighted by atomic mass is 9.81. The molecule has 0 fully saturated rings. The molecule has 2 heterocycles. The van der Waals surface area contributed by atoms with E-state index in [1.165, 1.54) is 17.1 Å². The van der Waals surface area contributed by atoms with Crippen molar-refractivity contribution in [3.63, 3.8) is 0 Å². The van der Waals surface area contributed by atoms with Crippen LogP contribution in [0.2, 0.25) is 0 Å². The smallest absolute Gasteiger partial charge is 0.331 e. The van der Waals surface area contributed by atoms with E-state index in [9.17, 15) is 24.3 Å². The van der Waals surface area contributed by atoms with E-state index >= 15 is 0 Å². The highest BCUT2D eigenvalue weighted by Gasteiger charge is 2.40. The van der Waals surface area contributed by atoms with Gasteiger partial charge in [0, 0.05) is 124 Å². The molecule has 0 radical (unpaired) electrons. The molecule has 0 saturated carbocycles. The first-order valence-electron chi connectivity index (χ1n) is 24.4. The molecule has 1 amide bonds. The molecule has 15 nitrogen and oxygen atoms in total. The predicted octanol–water partition coefficient (Wildman–Crippen LogP) is 7.56. The molecular formula is C54H87NO14. The number of Topliss-reactive ketones (excluding diaryl/α,β-unsaturated/α-hetero) is 1. The first kappa shape index (κ1) is 61.3. The normalized spacial score (nSPS) is 32.7. The Labute approximate surface area is 413 Å². The van der Waals surface area contributed by atoms with Crippen LogP contribution in [0.15, 0.2) is 72.0 Å². The van der Waals surface area contributed by atoms with Crippen LogP contribution in [0, 0.1) is 35.5 Å². The van der Waals surface area contributed by atoms with E-state index in [4.69, 9.17) is 42.6 Å². The second-order valence-electron chi connectivity index (χ2n) is 19.0. The fourth-order valence-electron chi connectivity index (χ4n) is 9.42. The summed E-state index contributed by atoms with van der Waals surface area (Å²) in [6, 6.07) is 0. The van der Waals surface area contributed by atoms with E-state index in [0.29, 0.717) is 50.5 Å². The number of carbonyl (C=O) groups excluding carboxylic acids is 4. The number of ether oxygens (including phenoxy) is 9.